The van der Waals surface area contributed by atoms with Gasteiger partial charge in [0.05, 0.1) is 0 Å². The van der Waals surface area contributed by atoms with Gasteiger partial charge in [-0.2, -0.15) is 17.7 Å². The molecule has 1 heterocycles. The van der Waals surface area contributed by atoms with Crippen LogP contribution in [0.1, 0.15) is 11.3 Å². The van der Waals surface area contributed by atoms with Crippen LogP contribution in [0, 0.1) is 0 Å². The van der Waals surface area contributed by atoms with E-state index in [2.05, 4.69) is 0 Å². The van der Waals surface area contributed by atoms with E-state index in [1.54, 1.807) is 18.2 Å². The molecule has 0 saturated heterocycles. The fourth-order valence-electron chi connectivity index (χ4n) is 1.86. The minimum atomic E-state index is -4.36. The van der Waals surface area contributed by atoms with Gasteiger partial charge in [0.15, 0.2) is 6.20 Å². The third-order valence-electron chi connectivity index (χ3n) is 2.96. The molecule has 0 saturated carbocycles. The maximum absolute atomic E-state index is 12.8. The number of pyridine rings is 1. The molecule has 0 aliphatic carbocycles. The normalized spacial score (nSPS) is 11.6. The first-order valence-corrected chi connectivity index (χ1v) is 5.78. The molecule has 0 aliphatic rings. The summed E-state index contributed by atoms with van der Waals surface area (Å²) in [5, 5.41) is 0. The van der Waals surface area contributed by atoms with Crippen molar-refractivity contribution in [3.63, 3.8) is 0 Å². The Bertz CT molecular complexity index is 574. The van der Waals surface area contributed by atoms with Crippen LogP contribution in [0.5, 0.6) is 0 Å². The molecule has 19 heavy (non-hydrogen) atoms. The lowest BCUT2D eigenvalue weighted by molar-refractivity contribution is -0.691. The summed E-state index contributed by atoms with van der Waals surface area (Å²) in [5.41, 5.74) is 7.04. The van der Waals surface area contributed by atoms with Gasteiger partial charge in [0.25, 0.3) is 5.69 Å². The molecule has 0 aliphatic heterocycles. The molecule has 100 valence electrons. The molecule has 0 atom stereocenters. The fraction of sp³-hybridized carbons (Fsp3) is 0.214. The van der Waals surface area contributed by atoms with E-state index >= 15 is 0 Å². The Morgan fingerprint density at radius 2 is 1.68 bits per heavy atom. The number of benzene rings is 1. The molecule has 0 unspecified atom stereocenters. The van der Waals surface area contributed by atoms with E-state index in [-0.39, 0.29) is 0 Å². The van der Waals surface area contributed by atoms with Gasteiger partial charge in [-0.15, -0.1) is 0 Å². The summed E-state index contributed by atoms with van der Waals surface area (Å²) in [7, 11) is 1.38. The molecule has 2 rings (SSSR count). The molecule has 0 amide bonds. The molecule has 0 bridgehead atoms. The van der Waals surface area contributed by atoms with Gasteiger partial charge in [-0.1, -0.05) is 24.3 Å². The van der Waals surface area contributed by atoms with Crippen molar-refractivity contribution in [3.8, 4) is 11.1 Å². The quantitative estimate of drug-likeness (QED) is 0.833. The van der Waals surface area contributed by atoms with Crippen molar-refractivity contribution in [2.24, 2.45) is 12.8 Å². The molecular formula is C14H14F3N2+. The number of aryl methyl sites for hydroxylation is 1. The van der Waals surface area contributed by atoms with Crippen LogP contribution in [0.4, 0.5) is 13.2 Å². The lowest BCUT2D eigenvalue weighted by atomic mass is 10.0. The topological polar surface area (TPSA) is 29.9 Å². The number of hydrogen-bond acceptors (Lipinski definition) is 1. The second-order valence-corrected chi connectivity index (χ2v) is 4.31. The second kappa shape index (κ2) is 5.01. The van der Waals surface area contributed by atoms with Gasteiger partial charge in [0, 0.05) is 18.7 Å². The van der Waals surface area contributed by atoms with Crippen molar-refractivity contribution < 1.29 is 17.7 Å². The Hall–Kier alpha value is -1.88. The molecule has 0 spiro atoms. The molecule has 0 fully saturated rings. The summed E-state index contributed by atoms with van der Waals surface area (Å²) < 4.78 is 39.5. The van der Waals surface area contributed by atoms with Gasteiger partial charge in [0.1, 0.15) is 7.05 Å². The summed E-state index contributed by atoms with van der Waals surface area (Å²) in [6, 6.07) is 9.99. The first kappa shape index (κ1) is 13.5. The van der Waals surface area contributed by atoms with Gasteiger partial charge in [-0.25, -0.2) is 0 Å². The highest BCUT2D eigenvalue weighted by atomic mass is 19.4. The molecule has 1 aromatic carbocycles. The summed E-state index contributed by atoms with van der Waals surface area (Å²) in [4.78, 5) is 0. The molecule has 2 aromatic rings. The van der Waals surface area contributed by atoms with Crippen LogP contribution in [0.15, 0.2) is 42.6 Å². The van der Waals surface area contributed by atoms with Crippen LogP contribution < -0.4 is 10.3 Å². The monoisotopic (exact) mass is 267 g/mol. The van der Waals surface area contributed by atoms with Gasteiger partial charge < -0.3 is 5.73 Å². The van der Waals surface area contributed by atoms with Crippen LogP contribution in [-0.4, -0.2) is 0 Å². The zero-order chi connectivity index (χ0) is 14.0. The van der Waals surface area contributed by atoms with E-state index in [4.69, 9.17) is 5.73 Å². The van der Waals surface area contributed by atoms with Crippen LogP contribution in [0.2, 0.25) is 0 Å². The predicted molar refractivity (Wildman–Crippen MR) is 65.9 cm³/mol. The minimum Gasteiger partial charge on any atom is -0.326 e. The summed E-state index contributed by atoms with van der Waals surface area (Å²) in [6.45, 7) is 0.415. The number of hydrogen-bond donors (Lipinski definition) is 1. The zero-order valence-electron chi connectivity index (χ0n) is 10.4. The van der Waals surface area contributed by atoms with E-state index in [0.29, 0.717) is 12.1 Å². The van der Waals surface area contributed by atoms with E-state index in [0.717, 1.165) is 21.8 Å². The highest BCUT2D eigenvalue weighted by molar-refractivity contribution is 5.63. The van der Waals surface area contributed by atoms with Crippen molar-refractivity contribution in [2.45, 2.75) is 12.7 Å². The first-order chi connectivity index (χ1) is 8.91. The van der Waals surface area contributed by atoms with E-state index in [1.807, 2.05) is 12.1 Å². The van der Waals surface area contributed by atoms with Crippen LogP contribution in [0.25, 0.3) is 11.1 Å². The number of nitrogens with two attached hydrogens (primary N) is 1. The lowest BCUT2D eigenvalue weighted by Gasteiger charge is -2.07. The Labute approximate surface area is 109 Å². The van der Waals surface area contributed by atoms with Crippen molar-refractivity contribution in [1.29, 1.82) is 0 Å². The van der Waals surface area contributed by atoms with Crippen molar-refractivity contribution in [1.82, 2.24) is 0 Å². The van der Waals surface area contributed by atoms with E-state index in [1.165, 1.54) is 13.2 Å². The highest BCUT2D eigenvalue weighted by Gasteiger charge is 2.40. The predicted octanol–water partition coefficient (Wildman–Crippen LogP) is 2.66. The molecule has 0 radical (unpaired) electrons. The second-order valence-electron chi connectivity index (χ2n) is 4.31. The highest BCUT2D eigenvalue weighted by Crippen LogP contribution is 2.29. The number of alkyl halides is 3. The van der Waals surface area contributed by atoms with Crippen LogP contribution >= 0.6 is 0 Å². The van der Waals surface area contributed by atoms with Crippen LogP contribution in [0.3, 0.4) is 0 Å². The van der Waals surface area contributed by atoms with Gasteiger partial charge in [-0.3, -0.25) is 0 Å². The standard InChI is InChI=1S/C14H14F3N2/c1-19-7-6-12(8-13(19)14(15,16)17)11-4-2-10(9-18)3-5-11/h2-8H,9,18H2,1H3/q+1. The molecule has 5 heteroatoms. The number of aromatic nitrogens is 1. The van der Waals surface area contributed by atoms with Gasteiger partial charge in [0.2, 0.25) is 0 Å². The van der Waals surface area contributed by atoms with Crippen molar-refractivity contribution in [3.05, 3.63) is 53.9 Å². The SMILES string of the molecule is C[n+]1ccc(-c2ccc(CN)cc2)cc1C(F)(F)F. The Balaban J connectivity index is 2.45. The lowest BCUT2D eigenvalue weighted by Crippen LogP contribution is -2.37. The van der Waals surface area contributed by atoms with Crippen LogP contribution in [-0.2, 0) is 19.8 Å². The number of halogens is 3. The molecule has 1 aromatic heterocycles. The van der Waals surface area contributed by atoms with Gasteiger partial charge in [-0.05, 0) is 16.7 Å². The molecular weight excluding hydrogens is 253 g/mol. The summed E-state index contributed by atoms with van der Waals surface area (Å²) in [5.74, 6) is 0. The maximum Gasteiger partial charge on any atom is 0.477 e. The average molecular weight is 267 g/mol. The zero-order valence-corrected chi connectivity index (χ0v) is 10.4. The van der Waals surface area contributed by atoms with Crippen molar-refractivity contribution in [2.75, 3.05) is 0 Å². The maximum atomic E-state index is 12.8. The molecule has 2 N–H and O–H groups in total. The summed E-state index contributed by atoms with van der Waals surface area (Å²) >= 11 is 0. The Morgan fingerprint density at radius 1 is 1.05 bits per heavy atom. The number of rotatable bonds is 2. The molecule has 2 nitrogen and oxygen atoms in total. The third kappa shape index (κ3) is 2.93. The Kier molecular flexibility index (Phi) is 3.57. The van der Waals surface area contributed by atoms with E-state index < -0.39 is 11.9 Å². The largest absolute Gasteiger partial charge is 0.477 e. The van der Waals surface area contributed by atoms with E-state index in [9.17, 15) is 13.2 Å². The number of nitrogens with zero attached hydrogens (tertiary/aromatic N) is 1. The minimum absolute atomic E-state index is 0.415. The third-order valence-corrected chi connectivity index (χ3v) is 2.96. The Morgan fingerprint density at radius 3 is 2.21 bits per heavy atom. The smallest absolute Gasteiger partial charge is 0.326 e. The fourth-order valence-corrected chi connectivity index (χ4v) is 1.86. The van der Waals surface area contributed by atoms with Crippen molar-refractivity contribution >= 4 is 0 Å². The summed E-state index contributed by atoms with van der Waals surface area (Å²) in [6.07, 6.45) is -2.95. The van der Waals surface area contributed by atoms with Gasteiger partial charge >= 0.3 is 6.18 Å². The average Bonchev–Trinajstić information content (AvgIpc) is 2.38. The first-order valence-electron chi connectivity index (χ1n) is 5.78.